The summed E-state index contributed by atoms with van der Waals surface area (Å²) in [6.07, 6.45) is 3.60. The minimum atomic E-state index is 0.213. The van der Waals surface area contributed by atoms with Crippen LogP contribution in [-0.2, 0) is 0 Å². The second-order valence-electron chi connectivity index (χ2n) is 5.30. The number of benzene rings is 1. The number of nitrogens with one attached hydrogen (secondary N) is 1. The monoisotopic (exact) mass is 261 g/mol. The van der Waals surface area contributed by atoms with E-state index in [0.717, 1.165) is 18.7 Å². The zero-order valence-electron chi connectivity index (χ0n) is 12.9. The van der Waals surface area contributed by atoms with E-state index in [2.05, 4.69) is 44.3 Å². The van der Waals surface area contributed by atoms with Gasteiger partial charge in [0.15, 0.2) is 0 Å². The fourth-order valence-electron chi connectivity index (χ4n) is 1.86. The van der Waals surface area contributed by atoms with Gasteiger partial charge in [-0.15, -0.1) is 0 Å². The highest BCUT2D eigenvalue weighted by atomic mass is 16.5. The molecule has 0 aliphatic heterocycles. The Morgan fingerprint density at radius 1 is 1.32 bits per heavy atom. The second kappa shape index (κ2) is 8.00. The minimum absolute atomic E-state index is 0.213. The van der Waals surface area contributed by atoms with Crippen molar-refractivity contribution in [2.24, 2.45) is 0 Å². The van der Waals surface area contributed by atoms with Crippen LogP contribution in [0.2, 0.25) is 0 Å². The summed E-state index contributed by atoms with van der Waals surface area (Å²) in [7, 11) is 0. The fraction of sp³-hybridized carbons (Fsp3) is 0.529. The van der Waals surface area contributed by atoms with Crippen LogP contribution in [0, 0.1) is 0 Å². The quantitative estimate of drug-likeness (QED) is 0.791. The molecule has 1 N–H and O–H groups in total. The van der Waals surface area contributed by atoms with Crippen LogP contribution in [0.1, 0.15) is 46.6 Å². The smallest absolute Gasteiger partial charge is 0.120 e. The lowest BCUT2D eigenvalue weighted by molar-refractivity contribution is 0.242. The van der Waals surface area contributed by atoms with E-state index in [1.807, 2.05) is 26.0 Å². The van der Waals surface area contributed by atoms with Crippen LogP contribution < -0.4 is 10.1 Å². The molecule has 2 heteroatoms. The van der Waals surface area contributed by atoms with Crippen molar-refractivity contribution >= 4 is 6.08 Å². The highest BCUT2D eigenvalue weighted by Crippen LogP contribution is 2.18. The largest absolute Gasteiger partial charge is 0.491 e. The first-order chi connectivity index (χ1) is 9.02. The van der Waals surface area contributed by atoms with Crippen molar-refractivity contribution in [3.05, 3.63) is 35.4 Å². The van der Waals surface area contributed by atoms with Crippen molar-refractivity contribution in [1.82, 2.24) is 5.32 Å². The number of hydrogen-bond donors (Lipinski definition) is 1. The summed E-state index contributed by atoms with van der Waals surface area (Å²) in [4.78, 5) is 0. The predicted octanol–water partition coefficient (Wildman–Crippen LogP) is 4.27. The van der Waals surface area contributed by atoms with Gasteiger partial charge in [-0.25, -0.2) is 0 Å². The Morgan fingerprint density at radius 3 is 2.68 bits per heavy atom. The Labute approximate surface area is 117 Å². The molecule has 0 aromatic heterocycles. The lowest BCUT2D eigenvalue weighted by Crippen LogP contribution is -2.27. The van der Waals surface area contributed by atoms with Gasteiger partial charge in [0.1, 0.15) is 5.75 Å². The molecule has 0 bridgehead atoms. The van der Waals surface area contributed by atoms with E-state index in [-0.39, 0.29) is 6.10 Å². The van der Waals surface area contributed by atoms with Crippen LogP contribution in [0.3, 0.4) is 0 Å². The highest BCUT2D eigenvalue weighted by Gasteiger charge is 2.03. The molecular formula is C17H27NO. The molecule has 19 heavy (non-hydrogen) atoms. The summed E-state index contributed by atoms with van der Waals surface area (Å²) in [6.45, 7) is 11.7. The van der Waals surface area contributed by atoms with Gasteiger partial charge in [-0.05, 0) is 58.4 Å². The lowest BCUT2D eigenvalue weighted by Gasteiger charge is -2.14. The van der Waals surface area contributed by atoms with E-state index >= 15 is 0 Å². The molecule has 1 aromatic carbocycles. The molecule has 0 spiro atoms. The van der Waals surface area contributed by atoms with E-state index in [1.54, 1.807) is 0 Å². The SMILES string of the molecule is CCCNC(C)/C(C)=C/c1cccc(OC(C)C)c1. The molecule has 2 nitrogen and oxygen atoms in total. The van der Waals surface area contributed by atoms with Gasteiger partial charge >= 0.3 is 0 Å². The van der Waals surface area contributed by atoms with Gasteiger partial charge in [-0.3, -0.25) is 0 Å². The van der Waals surface area contributed by atoms with Crippen LogP contribution >= 0.6 is 0 Å². The maximum Gasteiger partial charge on any atom is 0.120 e. The van der Waals surface area contributed by atoms with Gasteiger partial charge in [0.25, 0.3) is 0 Å². The fourth-order valence-corrected chi connectivity index (χ4v) is 1.86. The summed E-state index contributed by atoms with van der Waals surface area (Å²) in [5.74, 6) is 0.936. The third-order valence-electron chi connectivity index (χ3n) is 3.01. The van der Waals surface area contributed by atoms with Gasteiger partial charge in [-0.2, -0.15) is 0 Å². The van der Waals surface area contributed by atoms with E-state index in [9.17, 15) is 0 Å². The number of ether oxygens (including phenoxy) is 1. The Hall–Kier alpha value is -1.28. The molecule has 1 unspecified atom stereocenters. The summed E-state index contributed by atoms with van der Waals surface area (Å²) in [5.41, 5.74) is 2.54. The van der Waals surface area contributed by atoms with Crippen molar-refractivity contribution in [1.29, 1.82) is 0 Å². The van der Waals surface area contributed by atoms with Crippen molar-refractivity contribution in [3.8, 4) is 5.75 Å². The third-order valence-corrected chi connectivity index (χ3v) is 3.01. The first-order valence-electron chi connectivity index (χ1n) is 7.21. The zero-order valence-corrected chi connectivity index (χ0v) is 12.9. The lowest BCUT2D eigenvalue weighted by atomic mass is 10.1. The van der Waals surface area contributed by atoms with Crippen LogP contribution in [0.15, 0.2) is 29.8 Å². The van der Waals surface area contributed by atoms with Gasteiger partial charge < -0.3 is 10.1 Å². The van der Waals surface area contributed by atoms with E-state index in [0.29, 0.717) is 6.04 Å². The van der Waals surface area contributed by atoms with Crippen molar-refractivity contribution < 1.29 is 4.74 Å². The Morgan fingerprint density at radius 2 is 2.05 bits per heavy atom. The van der Waals surface area contributed by atoms with Gasteiger partial charge in [0, 0.05) is 6.04 Å². The standard InChI is InChI=1S/C17H27NO/c1-6-10-18-15(5)14(4)11-16-8-7-9-17(12-16)19-13(2)3/h7-9,11-13,15,18H,6,10H2,1-5H3/b14-11+. The van der Waals surface area contributed by atoms with Gasteiger partial charge in [-0.1, -0.05) is 30.7 Å². The maximum atomic E-state index is 5.72. The molecule has 1 atom stereocenters. The predicted molar refractivity (Wildman–Crippen MR) is 83.6 cm³/mol. The van der Waals surface area contributed by atoms with E-state index < -0.39 is 0 Å². The van der Waals surface area contributed by atoms with Crippen molar-refractivity contribution in [2.45, 2.75) is 53.2 Å². The first-order valence-corrected chi connectivity index (χ1v) is 7.21. The highest BCUT2D eigenvalue weighted by molar-refractivity contribution is 5.55. The Kier molecular flexibility index (Phi) is 6.65. The molecule has 0 radical (unpaired) electrons. The van der Waals surface area contributed by atoms with Crippen molar-refractivity contribution in [3.63, 3.8) is 0 Å². The Balaban J connectivity index is 2.74. The molecular weight excluding hydrogens is 234 g/mol. The molecule has 0 heterocycles. The zero-order chi connectivity index (χ0) is 14.3. The molecule has 0 amide bonds. The van der Waals surface area contributed by atoms with E-state index in [1.165, 1.54) is 11.1 Å². The summed E-state index contributed by atoms with van der Waals surface area (Å²) in [6, 6.07) is 8.67. The van der Waals surface area contributed by atoms with Crippen molar-refractivity contribution in [2.75, 3.05) is 6.54 Å². The van der Waals surface area contributed by atoms with Crippen LogP contribution in [0.25, 0.3) is 6.08 Å². The molecule has 1 aromatic rings. The molecule has 0 aliphatic rings. The molecule has 0 saturated carbocycles. The average Bonchev–Trinajstić information content (AvgIpc) is 2.35. The van der Waals surface area contributed by atoms with Crippen LogP contribution in [0.5, 0.6) is 5.75 Å². The number of hydrogen-bond acceptors (Lipinski definition) is 2. The number of rotatable bonds is 7. The molecule has 0 fully saturated rings. The summed E-state index contributed by atoms with van der Waals surface area (Å²) < 4.78 is 5.72. The molecule has 0 aliphatic carbocycles. The minimum Gasteiger partial charge on any atom is -0.491 e. The molecule has 106 valence electrons. The molecule has 1 rings (SSSR count). The van der Waals surface area contributed by atoms with Gasteiger partial charge in [0.2, 0.25) is 0 Å². The average molecular weight is 261 g/mol. The maximum absolute atomic E-state index is 5.72. The normalized spacial score (nSPS) is 13.7. The Bertz CT molecular complexity index is 409. The topological polar surface area (TPSA) is 21.3 Å². The van der Waals surface area contributed by atoms with Crippen LogP contribution in [-0.4, -0.2) is 18.7 Å². The first kappa shape index (κ1) is 15.8. The van der Waals surface area contributed by atoms with Crippen LogP contribution in [0.4, 0.5) is 0 Å². The summed E-state index contributed by atoms with van der Waals surface area (Å²) >= 11 is 0. The third kappa shape index (κ3) is 5.93. The van der Waals surface area contributed by atoms with Gasteiger partial charge in [0.05, 0.1) is 6.10 Å². The van der Waals surface area contributed by atoms with E-state index in [4.69, 9.17) is 4.74 Å². The second-order valence-corrected chi connectivity index (χ2v) is 5.30. The summed E-state index contributed by atoms with van der Waals surface area (Å²) in [5, 5.41) is 3.50. The molecule has 0 saturated heterocycles.